The van der Waals surface area contributed by atoms with Crippen molar-refractivity contribution in [3.05, 3.63) is 29.8 Å². The smallest absolute Gasteiger partial charge is 0.257 e. The van der Waals surface area contributed by atoms with Crippen molar-refractivity contribution in [2.24, 2.45) is 16.7 Å². The molecule has 1 atom stereocenters. The maximum atomic E-state index is 13.6. The van der Waals surface area contributed by atoms with Crippen LogP contribution >= 0.6 is 0 Å². The van der Waals surface area contributed by atoms with Crippen LogP contribution in [0.4, 0.5) is 5.69 Å². The van der Waals surface area contributed by atoms with Crippen LogP contribution < -0.4 is 4.90 Å². The first kappa shape index (κ1) is 22.4. The number of anilines is 1. The van der Waals surface area contributed by atoms with Gasteiger partial charge >= 0.3 is 0 Å². The minimum absolute atomic E-state index is 0.0494. The van der Waals surface area contributed by atoms with Crippen LogP contribution in [-0.4, -0.2) is 55.7 Å². The standard InChI is InChI=1S/C23H32N2O5/c1-14-8-10-15(11-9-14)25-17(26)12-16(20(25)27)24(13-18(29-6)30-7)21(28)19-22(2,3)23(19,4)5/h8-11,16,18-19H,12-13H2,1-7H3. The number of ether oxygens (including phenoxy) is 2. The number of carbonyl (C=O) groups is 3. The Morgan fingerprint density at radius 1 is 1.10 bits per heavy atom. The lowest BCUT2D eigenvalue weighted by atomic mass is 10.0. The predicted octanol–water partition coefficient (Wildman–Crippen LogP) is 2.76. The highest BCUT2D eigenvalue weighted by Gasteiger charge is 2.69. The van der Waals surface area contributed by atoms with E-state index in [1.807, 2.05) is 19.1 Å². The van der Waals surface area contributed by atoms with Gasteiger partial charge in [-0.15, -0.1) is 0 Å². The van der Waals surface area contributed by atoms with Crippen molar-refractivity contribution in [1.82, 2.24) is 4.90 Å². The van der Waals surface area contributed by atoms with E-state index < -0.39 is 12.3 Å². The summed E-state index contributed by atoms with van der Waals surface area (Å²) in [5.41, 5.74) is 1.17. The van der Waals surface area contributed by atoms with Crippen molar-refractivity contribution < 1.29 is 23.9 Å². The number of aryl methyl sites for hydroxylation is 1. The van der Waals surface area contributed by atoms with Crippen molar-refractivity contribution in [2.75, 3.05) is 25.7 Å². The Morgan fingerprint density at radius 2 is 1.63 bits per heavy atom. The highest BCUT2D eigenvalue weighted by molar-refractivity contribution is 6.23. The summed E-state index contributed by atoms with van der Waals surface area (Å²) in [4.78, 5) is 42.3. The van der Waals surface area contributed by atoms with Gasteiger partial charge in [-0.25, -0.2) is 4.90 Å². The molecular formula is C23H32N2O5. The molecule has 164 valence electrons. The van der Waals surface area contributed by atoms with E-state index in [4.69, 9.17) is 9.47 Å². The molecule has 0 spiro atoms. The summed E-state index contributed by atoms with van der Waals surface area (Å²) in [5.74, 6) is -1.08. The second kappa shape index (κ2) is 7.78. The van der Waals surface area contributed by atoms with Crippen LogP contribution in [0.2, 0.25) is 0 Å². The average molecular weight is 417 g/mol. The molecule has 1 aliphatic carbocycles. The number of methoxy groups -OCH3 is 2. The number of rotatable bonds is 7. The molecule has 0 aromatic heterocycles. The molecule has 0 bridgehead atoms. The fourth-order valence-electron chi connectivity index (χ4n) is 4.58. The Bertz CT molecular complexity index is 828. The molecule has 1 saturated heterocycles. The molecule has 1 heterocycles. The lowest BCUT2D eigenvalue weighted by Crippen LogP contribution is -2.50. The quantitative estimate of drug-likeness (QED) is 0.505. The van der Waals surface area contributed by atoms with E-state index in [2.05, 4.69) is 27.7 Å². The summed E-state index contributed by atoms with van der Waals surface area (Å²) in [6.07, 6.45) is -0.734. The summed E-state index contributed by atoms with van der Waals surface area (Å²) < 4.78 is 10.6. The molecule has 2 fully saturated rings. The summed E-state index contributed by atoms with van der Waals surface area (Å²) in [7, 11) is 2.98. The summed E-state index contributed by atoms with van der Waals surface area (Å²) in [6.45, 7) is 10.2. The summed E-state index contributed by atoms with van der Waals surface area (Å²) >= 11 is 0. The van der Waals surface area contributed by atoms with Crippen LogP contribution in [0, 0.1) is 23.7 Å². The fourth-order valence-corrected chi connectivity index (χ4v) is 4.58. The Hall–Kier alpha value is -2.25. The van der Waals surface area contributed by atoms with Crippen molar-refractivity contribution >= 4 is 23.4 Å². The van der Waals surface area contributed by atoms with Crippen molar-refractivity contribution in [1.29, 1.82) is 0 Å². The van der Waals surface area contributed by atoms with Crippen LogP contribution in [-0.2, 0) is 23.9 Å². The lowest BCUT2D eigenvalue weighted by molar-refractivity contribution is -0.154. The minimum atomic E-state index is -0.869. The first-order valence-electron chi connectivity index (χ1n) is 10.3. The molecule has 1 aromatic rings. The van der Waals surface area contributed by atoms with Crippen molar-refractivity contribution in [3.63, 3.8) is 0 Å². The van der Waals surface area contributed by atoms with E-state index in [0.29, 0.717) is 5.69 Å². The van der Waals surface area contributed by atoms with Gasteiger partial charge in [0.05, 0.1) is 18.7 Å². The molecule has 1 saturated carbocycles. The van der Waals surface area contributed by atoms with Gasteiger partial charge in [0.2, 0.25) is 11.8 Å². The number of amides is 3. The lowest BCUT2D eigenvalue weighted by Gasteiger charge is -2.31. The molecule has 7 heteroatoms. The van der Waals surface area contributed by atoms with Gasteiger partial charge in [-0.2, -0.15) is 0 Å². The SMILES string of the molecule is COC(CN(C(=O)C1C(C)(C)C1(C)C)C1CC(=O)N(c2ccc(C)cc2)C1=O)OC. The Morgan fingerprint density at radius 3 is 2.10 bits per heavy atom. The molecule has 7 nitrogen and oxygen atoms in total. The van der Waals surface area contributed by atoms with Gasteiger partial charge in [0.1, 0.15) is 6.04 Å². The zero-order chi connectivity index (χ0) is 22.4. The molecule has 3 amide bonds. The van der Waals surface area contributed by atoms with Gasteiger partial charge in [-0.05, 0) is 29.9 Å². The van der Waals surface area contributed by atoms with Crippen LogP contribution in [0.3, 0.4) is 0 Å². The number of nitrogens with zero attached hydrogens (tertiary/aromatic N) is 2. The number of benzene rings is 1. The third kappa shape index (κ3) is 3.54. The molecular weight excluding hydrogens is 384 g/mol. The summed E-state index contributed by atoms with van der Waals surface area (Å²) in [5, 5.41) is 0. The Labute approximate surface area is 178 Å². The maximum absolute atomic E-state index is 13.6. The highest BCUT2D eigenvalue weighted by atomic mass is 16.7. The van der Waals surface area contributed by atoms with Gasteiger partial charge in [0.15, 0.2) is 6.29 Å². The predicted molar refractivity (Wildman–Crippen MR) is 113 cm³/mol. The molecule has 3 rings (SSSR count). The Kier molecular flexibility index (Phi) is 5.82. The largest absolute Gasteiger partial charge is 0.354 e. The summed E-state index contributed by atoms with van der Waals surface area (Å²) in [6, 6.07) is 6.34. The second-order valence-electron chi connectivity index (χ2n) is 9.39. The van der Waals surface area contributed by atoms with Gasteiger partial charge in [-0.1, -0.05) is 45.4 Å². The van der Waals surface area contributed by atoms with E-state index in [1.165, 1.54) is 24.0 Å². The first-order chi connectivity index (χ1) is 14.0. The monoisotopic (exact) mass is 416 g/mol. The average Bonchev–Trinajstić information content (AvgIpc) is 2.92. The molecule has 1 aliphatic heterocycles. The highest BCUT2D eigenvalue weighted by Crippen LogP contribution is 2.69. The zero-order valence-electron chi connectivity index (χ0n) is 18.9. The van der Waals surface area contributed by atoms with E-state index in [0.717, 1.165) is 5.56 Å². The first-order valence-corrected chi connectivity index (χ1v) is 10.3. The molecule has 1 aromatic carbocycles. The number of carbonyl (C=O) groups excluding carboxylic acids is 3. The molecule has 30 heavy (non-hydrogen) atoms. The van der Waals surface area contributed by atoms with Crippen molar-refractivity contribution in [2.45, 2.75) is 53.4 Å². The number of imide groups is 1. The topological polar surface area (TPSA) is 76.2 Å². The van der Waals surface area contributed by atoms with Crippen LogP contribution in [0.1, 0.15) is 39.7 Å². The van der Waals surface area contributed by atoms with Gasteiger partial charge in [0.25, 0.3) is 5.91 Å². The Balaban J connectivity index is 1.92. The van der Waals surface area contributed by atoms with Crippen molar-refractivity contribution in [3.8, 4) is 0 Å². The van der Waals surface area contributed by atoms with Gasteiger partial charge in [-0.3, -0.25) is 14.4 Å². The third-order valence-electron chi connectivity index (χ3n) is 7.21. The van der Waals surface area contributed by atoms with E-state index in [9.17, 15) is 14.4 Å². The van der Waals surface area contributed by atoms with Crippen LogP contribution in [0.15, 0.2) is 24.3 Å². The number of hydrogen-bond acceptors (Lipinski definition) is 5. The normalized spacial score (nSPS) is 22.7. The third-order valence-corrected chi connectivity index (χ3v) is 7.21. The van der Waals surface area contributed by atoms with Crippen LogP contribution in [0.25, 0.3) is 0 Å². The molecule has 0 radical (unpaired) electrons. The minimum Gasteiger partial charge on any atom is -0.354 e. The molecule has 2 aliphatic rings. The molecule has 0 N–H and O–H groups in total. The maximum Gasteiger partial charge on any atom is 0.257 e. The molecule has 1 unspecified atom stereocenters. The number of hydrogen-bond donors (Lipinski definition) is 0. The van der Waals surface area contributed by atoms with Gasteiger partial charge in [0, 0.05) is 20.1 Å². The second-order valence-corrected chi connectivity index (χ2v) is 9.39. The van der Waals surface area contributed by atoms with E-state index >= 15 is 0 Å². The zero-order valence-corrected chi connectivity index (χ0v) is 18.9. The van der Waals surface area contributed by atoms with Crippen LogP contribution in [0.5, 0.6) is 0 Å². The van der Waals surface area contributed by atoms with E-state index in [-0.39, 0.29) is 47.4 Å². The fraction of sp³-hybridized carbons (Fsp3) is 0.609. The van der Waals surface area contributed by atoms with Gasteiger partial charge < -0.3 is 14.4 Å². The van der Waals surface area contributed by atoms with E-state index in [1.54, 1.807) is 12.1 Å².